The number of amides is 1. The fourth-order valence-electron chi connectivity index (χ4n) is 3.80. The van der Waals surface area contributed by atoms with Crippen LogP contribution in [0.3, 0.4) is 0 Å². The van der Waals surface area contributed by atoms with E-state index in [1.54, 1.807) is 0 Å². The van der Waals surface area contributed by atoms with Crippen LogP contribution in [0.4, 0.5) is 13.2 Å². The van der Waals surface area contributed by atoms with Gasteiger partial charge in [-0.1, -0.05) is 26.0 Å². The maximum atomic E-state index is 12.9. The Kier molecular flexibility index (Phi) is 4.23. The number of hydrogen-bond acceptors (Lipinski definition) is 3. The van der Waals surface area contributed by atoms with E-state index in [9.17, 15) is 18.0 Å². The minimum Gasteiger partial charge on any atom is -0.483 e. The first-order chi connectivity index (χ1) is 11.2. The van der Waals surface area contributed by atoms with Crippen LogP contribution >= 0.6 is 0 Å². The van der Waals surface area contributed by atoms with Gasteiger partial charge in [-0.05, 0) is 18.6 Å². The van der Waals surface area contributed by atoms with Crippen molar-refractivity contribution in [3.63, 3.8) is 0 Å². The van der Waals surface area contributed by atoms with Gasteiger partial charge >= 0.3 is 6.18 Å². The molecule has 24 heavy (non-hydrogen) atoms. The van der Waals surface area contributed by atoms with E-state index in [1.807, 2.05) is 13.8 Å². The lowest BCUT2D eigenvalue weighted by molar-refractivity contribution is -0.142. The van der Waals surface area contributed by atoms with Gasteiger partial charge in [-0.2, -0.15) is 13.2 Å². The van der Waals surface area contributed by atoms with Crippen LogP contribution in [-0.2, 0) is 15.7 Å². The van der Waals surface area contributed by atoms with E-state index in [0.717, 1.165) is 12.5 Å². The molecule has 3 atom stereocenters. The summed E-state index contributed by atoms with van der Waals surface area (Å²) in [7, 11) is 0. The van der Waals surface area contributed by atoms with Crippen molar-refractivity contribution in [3.05, 3.63) is 29.8 Å². The monoisotopic (exact) mass is 343 g/mol. The molecule has 1 aliphatic heterocycles. The lowest BCUT2D eigenvalue weighted by atomic mass is 9.57. The molecule has 1 heterocycles. The van der Waals surface area contributed by atoms with Crippen LogP contribution < -0.4 is 10.1 Å². The molecule has 2 fully saturated rings. The van der Waals surface area contributed by atoms with Crippen LogP contribution in [0.2, 0.25) is 0 Å². The highest BCUT2D eigenvalue weighted by Crippen LogP contribution is 2.52. The van der Waals surface area contributed by atoms with E-state index in [1.165, 1.54) is 18.2 Å². The van der Waals surface area contributed by atoms with Crippen molar-refractivity contribution in [2.75, 3.05) is 13.2 Å². The molecule has 1 aromatic rings. The standard InChI is InChI=1S/C17H20F3NO3/c1-16(2)14(10-7-8-23-15(10)16)21-13(22)9-24-12-6-4-3-5-11(12)17(18,19)20/h3-6,10,14-15H,7-9H2,1-2H3,(H,21,22). The molecule has 1 aliphatic carbocycles. The van der Waals surface area contributed by atoms with Gasteiger partial charge < -0.3 is 14.8 Å². The number of para-hydroxylation sites is 1. The van der Waals surface area contributed by atoms with E-state index in [0.29, 0.717) is 6.61 Å². The molecular formula is C17H20F3NO3. The number of rotatable bonds is 4. The number of fused-ring (bicyclic) bond motifs is 1. The highest BCUT2D eigenvalue weighted by atomic mass is 19.4. The van der Waals surface area contributed by atoms with Crippen molar-refractivity contribution in [1.82, 2.24) is 5.32 Å². The van der Waals surface area contributed by atoms with Gasteiger partial charge in [-0.25, -0.2) is 0 Å². The van der Waals surface area contributed by atoms with Gasteiger partial charge in [0, 0.05) is 24.0 Å². The lowest BCUT2D eigenvalue weighted by Gasteiger charge is -2.54. The van der Waals surface area contributed by atoms with E-state index in [2.05, 4.69) is 5.32 Å². The second-order valence-electron chi connectivity index (χ2n) is 6.89. The van der Waals surface area contributed by atoms with Crippen molar-refractivity contribution in [2.24, 2.45) is 11.3 Å². The van der Waals surface area contributed by atoms with Crippen molar-refractivity contribution in [1.29, 1.82) is 0 Å². The second-order valence-corrected chi connectivity index (χ2v) is 6.89. The van der Waals surface area contributed by atoms with Crippen LogP contribution in [0.5, 0.6) is 5.75 Å². The zero-order valence-electron chi connectivity index (χ0n) is 13.5. The maximum absolute atomic E-state index is 12.9. The van der Waals surface area contributed by atoms with Crippen molar-refractivity contribution >= 4 is 5.91 Å². The quantitative estimate of drug-likeness (QED) is 0.914. The zero-order valence-corrected chi connectivity index (χ0v) is 13.5. The number of benzene rings is 1. The molecule has 3 unspecified atom stereocenters. The number of nitrogens with one attached hydrogen (secondary N) is 1. The molecule has 1 aromatic carbocycles. The van der Waals surface area contributed by atoms with Crippen molar-refractivity contribution in [2.45, 2.75) is 38.6 Å². The van der Waals surface area contributed by atoms with Gasteiger partial charge in [0.15, 0.2) is 6.61 Å². The Morgan fingerprint density at radius 2 is 2.08 bits per heavy atom. The molecule has 4 nitrogen and oxygen atoms in total. The fourth-order valence-corrected chi connectivity index (χ4v) is 3.80. The van der Waals surface area contributed by atoms with Gasteiger partial charge in [0.25, 0.3) is 5.91 Å². The molecule has 132 valence electrons. The van der Waals surface area contributed by atoms with Crippen molar-refractivity contribution < 1.29 is 27.4 Å². The van der Waals surface area contributed by atoms with Crippen LogP contribution in [-0.4, -0.2) is 31.3 Å². The molecule has 1 amide bonds. The molecule has 1 saturated carbocycles. The molecule has 7 heteroatoms. The second kappa shape index (κ2) is 5.95. The summed E-state index contributed by atoms with van der Waals surface area (Å²) in [6.07, 6.45) is -3.50. The SMILES string of the molecule is CC1(C)C(NC(=O)COc2ccccc2C(F)(F)F)C2CCOC21. The predicted octanol–water partition coefficient (Wildman–Crippen LogP) is 3.01. The Morgan fingerprint density at radius 3 is 2.79 bits per heavy atom. The molecular weight excluding hydrogens is 323 g/mol. The number of ether oxygens (including phenoxy) is 2. The first-order valence-electron chi connectivity index (χ1n) is 7.91. The van der Waals surface area contributed by atoms with E-state index in [4.69, 9.17) is 9.47 Å². The Labute approximate surface area is 138 Å². The molecule has 1 N–H and O–H groups in total. The van der Waals surface area contributed by atoms with Crippen LogP contribution in [0.25, 0.3) is 0 Å². The van der Waals surface area contributed by atoms with Gasteiger partial charge in [0.05, 0.1) is 11.7 Å². The van der Waals surface area contributed by atoms with Gasteiger partial charge in [-0.15, -0.1) is 0 Å². The maximum Gasteiger partial charge on any atom is 0.419 e. The van der Waals surface area contributed by atoms with Crippen LogP contribution in [0, 0.1) is 11.3 Å². The first kappa shape index (κ1) is 17.1. The number of halogens is 3. The number of alkyl halides is 3. The van der Waals surface area contributed by atoms with Gasteiger partial charge in [0.2, 0.25) is 0 Å². The molecule has 0 aromatic heterocycles. The summed E-state index contributed by atoms with van der Waals surface area (Å²) in [5.41, 5.74) is -1.06. The molecule has 3 rings (SSSR count). The van der Waals surface area contributed by atoms with Crippen LogP contribution in [0.1, 0.15) is 25.8 Å². The minimum atomic E-state index is -4.52. The van der Waals surface area contributed by atoms with E-state index >= 15 is 0 Å². The number of hydrogen-bond donors (Lipinski definition) is 1. The summed E-state index contributed by atoms with van der Waals surface area (Å²) >= 11 is 0. The van der Waals surface area contributed by atoms with Crippen molar-refractivity contribution in [3.8, 4) is 5.75 Å². The van der Waals surface area contributed by atoms with E-state index < -0.39 is 24.3 Å². The third-order valence-electron chi connectivity index (χ3n) is 4.97. The Hall–Kier alpha value is -1.76. The summed E-state index contributed by atoms with van der Waals surface area (Å²) in [6.45, 7) is 4.27. The lowest BCUT2D eigenvalue weighted by Crippen LogP contribution is -2.67. The average molecular weight is 343 g/mol. The largest absolute Gasteiger partial charge is 0.483 e. The summed E-state index contributed by atoms with van der Waals surface area (Å²) in [6, 6.07) is 4.83. The number of carbonyl (C=O) groups excluding carboxylic acids is 1. The highest BCUT2D eigenvalue weighted by Gasteiger charge is 2.59. The third kappa shape index (κ3) is 2.97. The molecule has 0 bridgehead atoms. The average Bonchev–Trinajstić information content (AvgIpc) is 2.97. The van der Waals surface area contributed by atoms with Gasteiger partial charge in [-0.3, -0.25) is 4.79 Å². The first-order valence-corrected chi connectivity index (χ1v) is 7.91. The topological polar surface area (TPSA) is 47.6 Å². The summed E-state index contributed by atoms with van der Waals surface area (Å²) in [4.78, 5) is 12.1. The third-order valence-corrected chi connectivity index (χ3v) is 4.97. The minimum absolute atomic E-state index is 0.0426. The summed E-state index contributed by atoms with van der Waals surface area (Å²) in [5.74, 6) is -0.489. The zero-order chi connectivity index (χ0) is 17.5. The van der Waals surface area contributed by atoms with Gasteiger partial charge in [0.1, 0.15) is 5.75 Å². The Morgan fingerprint density at radius 1 is 1.38 bits per heavy atom. The predicted molar refractivity (Wildman–Crippen MR) is 80.5 cm³/mol. The molecule has 0 spiro atoms. The molecule has 0 radical (unpaired) electrons. The molecule has 2 aliphatic rings. The summed E-state index contributed by atoms with van der Waals surface area (Å²) < 4.78 is 49.5. The number of carbonyl (C=O) groups is 1. The highest BCUT2D eigenvalue weighted by molar-refractivity contribution is 5.78. The normalized spacial score (nSPS) is 28.0. The van der Waals surface area contributed by atoms with Crippen LogP contribution in [0.15, 0.2) is 24.3 Å². The fraction of sp³-hybridized carbons (Fsp3) is 0.588. The molecule has 1 saturated heterocycles. The Balaban J connectivity index is 1.59. The smallest absolute Gasteiger partial charge is 0.419 e. The summed E-state index contributed by atoms with van der Waals surface area (Å²) in [5, 5.41) is 2.88. The van der Waals surface area contributed by atoms with E-state index in [-0.39, 0.29) is 29.2 Å². The Bertz CT molecular complexity index is 630.